The van der Waals surface area contributed by atoms with Crippen molar-refractivity contribution in [2.45, 2.75) is 13.8 Å². The summed E-state index contributed by atoms with van der Waals surface area (Å²) in [5.41, 5.74) is 5.99. The smallest absolute Gasteiger partial charge is 0.181 e. The third kappa shape index (κ3) is 3.47. The molecule has 0 fully saturated rings. The van der Waals surface area contributed by atoms with Crippen LogP contribution in [0, 0.1) is 0 Å². The molecule has 152 valence electrons. The fourth-order valence-electron chi connectivity index (χ4n) is 3.41. The highest BCUT2D eigenvalue weighted by molar-refractivity contribution is 7.13. The van der Waals surface area contributed by atoms with Gasteiger partial charge in [-0.1, -0.05) is 18.2 Å². The molecule has 5 aromatic heterocycles. The molecule has 5 aromatic rings. The lowest BCUT2D eigenvalue weighted by Crippen LogP contribution is -1.89. The van der Waals surface area contributed by atoms with Gasteiger partial charge in [-0.2, -0.15) is 5.10 Å². The van der Waals surface area contributed by atoms with E-state index in [1.807, 2.05) is 49.7 Å². The fourth-order valence-corrected chi connectivity index (χ4v) is 4.13. The molecule has 8 heteroatoms. The van der Waals surface area contributed by atoms with Crippen molar-refractivity contribution in [3.8, 4) is 22.1 Å². The Kier molecular flexibility index (Phi) is 4.97. The number of nitrogens with zero attached hydrogens (tertiary/aromatic N) is 5. The lowest BCUT2D eigenvalue weighted by atomic mass is 10.1. The van der Waals surface area contributed by atoms with E-state index in [2.05, 4.69) is 42.3 Å². The molecule has 0 aliphatic heterocycles. The minimum absolute atomic E-state index is 0.636. The number of imidazole rings is 1. The highest BCUT2D eigenvalue weighted by atomic mass is 32.1. The number of nitrogens with one attached hydrogen (secondary N) is 2. The summed E-state index contributed by atoms with van der Waals surface area (Å²) < 4.78 is 0. The van der Waals surface area contributed by atoms with E-state index in [1.165, 1.54) is 0 Å². The quantitative estimate of drug-likeness (QED) is 0.357. The summed E-state index contributed by atoms with van der Waals surface area (Å²) in [6, 6.07) is 8.06. The summed E-state index contributed by atoms with van der Waals surface area (Å²) in [6.45, 7) is 3.92. The molecule has 0 bridgehead atoms. The number of hydrogen-bond acceptors (Lipinski definition) is 6. The van der Waals surface area contributed by atoms with E-state index in [4.69, 9.17) is 4.98 Å². The number of H-pyrrole nitrogens is 2. The van der Waals surface area contributed by atoms with Crippen molar-refractivity contribution in [3.63, 3.8) is 0 Å². The molecule has 5 heterocycles. The fraction of sp³-hybridized carbons (Fsp3) is 0.0870. The molecule has 0 saturated carbocycles. The van der Waals surface area contributed by atoms with Crippen LogP contribution in [0.4, 0.5) is 0 Å². The number of allylic oxidation sites excluding steroid dienone is 3. The van der Waals surface area contributed by atoms with Crippen LogP contribution in [0.5, 0.6) is 0 Å². The monoisotopic (exact) mass is 425 g/mol. The molecule has 0 spiro atoms. The largest absolute Gasteiger partial charge is 0.337 e. The van der Waals surface area contributed by atoms with Gasteiger partial charge in [-0.3, -0.25) is 15.1 Å². The average molecular weight is 426 g/mol. The lowest BCUT2D eigenvalue weighted by Gasteiger charge is -2.01. The predicted octanol–water partition coefficient (Wildman–Crippen LogP) is 5.63. The molecule has 0 unspecified atom stereocenters. The Bertz CT molecular complexity index is 1450. The van der Waals surface area contributed by atoms with Crippen molar-refractivity contribution in [2.24, 2.45) is 4.99 Å². The first-order chi connectivity index (χ1) is 15.3. The average Bonchev–Trinajstić information content (AvgIpc) is 3.55. The summed E-state index contributed by atoms with van der Waals surface area (Å²) in [5, 5.41) is 10.4. The van der Waals surface area contributed by atoms with Crippen LogP contribution < -0.4 is 0 Å². The van der Waals surface area contributed by atoms with E-state index in [0.717, 1.165) is 43.8 Å². The van der Waals surface area contributed by atoms with E-state index in [0.29, 0.717) is 11.5 Å². The third-order valence-electron chi connectivity index (χ3n) is 4.90. The molecule has 0 aliphatic carbocycles. The number of aromatic amines is 2. The highest BCUT2D eigenvalue weighted by Crippen LogP contribution is 2.32. The van der Waals surface area contributed by atoms with Crippen molar-refractivity contribution < 1.29 is 0 Å². The van der Waals surface area contributed by atoms with Crippen molar-refractivity contribution in [3.05, 3.63) is 66.0 Å². The maximum atomic E-state index is 4.86. The van der Waals surface area contributed by atoms with Gasteiger partial charge in [-0.25, -0.2) is 9.97 Å². The Balaban J connectivity index is 1.62. The molecule has 7 nitrogen and oxygen atoms in total. The van der Waals surface area contributed by atoms with Gasteiger partial charge in [-0.05, 0) is 43.0 Å². The van der Waals surface area contributed by atoms with Gasteiger partial charge in [0.2, 0.25) is 0 Å². The molecule has 0 amide bonds. The van der Waals surface area contributed by atoms with E-state index >= 15 is 0 Å². The van der Waals surface area contributed by atoms with Crippen molar-refractivity contribution in [1.82, 2.24) is 30.1 Å². The second-order valence-corrected chi connectivity index (χ2v) is 7.76. The number of pyridine rings is 2. The summed E-state index contributed by atoms with van der Waals surface area (Å²) in [6.07, 6.45) is 11.1. The zero-order chi connectivity index (χ0) is 21.2. The summed E-state index contributed by atoms with van der Waals surface area (Å²) >= 11 is 1.65. The van der Waals surface area contributed by atoms with Crippen LogP contribution in [0.25, 0.3) is 49.7 Å². The minimum Gasteiger partial charge on any atom is -0.337 e. The van der Waals surface area contributed by atoms with Gasteiger partial charge in [0.05, 0.1) is 15.8 Å². The number of thiophene rings is 1. The normalized spacial score (nSPS) is 12.8. The van der Waals surface area contributed by atoms with Crippen LogP contribution >= 0.6 is 11.3 Å². The Morgan fingerprint density at radius 1 is 1.19 bits per heavy atom. The van der Waals surface area contributed by atoms with E-state index in [-0.39, 0.29) is 0 Å². The van der Waals surface area contributed by atoms with Gasteiger partial charge < -0.3 is 4.98 Å². The van der Waals surface area contributed by atoms with E-state index < -0.39 is 0 Å². The van der Waals surface area contributed by atoms with E-state index in [9.17, 15) is 0 Å². The maximum absolute atomic E-state index is 4.86. The Morgan fingerprint density at radius 2 is 2.13 bits per heavy atom. The molecule has 0 aromatic carbocycles. The molecule has 2 N–H and O–H groups in total. The van der Waals surface area contributed by atoms with Gasteiger partial charge >= 0.3 is 0 Å². The van der Waals surface area contributed by atoms with Gasteiger partial charge in [0.15, 0.2) is 11.5 Å². The topological polar surface area (TPSA) is 95.5 Å². The lowest BCUT2D eigenvalue weighted by molar-refractivity contribution is 1.09. The number of hydrogen-bond donors (Lipinski definition) is 2. The van der Waals surface area contributed by atoms with Crippen LogP contribution in [0.1, 0.15) is 19.4 Å². The van der Waals surface area contributed by atoms with Crippen LogP contribution in [0.15, 0.2) is 65.4 Å². The number of aromatic nitrogens is 6. The number of fused-ring (bicyclic) bond motifs is 2. The van der Waals surface area contributed by atoms with Crippen LogP contribution in [0.2, 0.25) is 0 Å². The Labute approximate surface area is 182 Å². The Hall–Kier alpha value is -3.91. The molecular weight excluding hydrogens is 406 g/mol. The Morgan fingerprint density at radius 3 is 2.94 bits per heavy atom. The van der Waals surface area contributed by atoms with Gasteiger partial charge in [0, 0.05) is 30.4 Å². The highest BCUT2D eigenvalue weighted by Gasteiger charge is 2.16. The minimum atomic E-state index is 0.636. The van der Waals surface area contributed by atoms with Crippen molar-refractivity contribution >= 4 is 45.2 Å². The zero-order valence-corrected chi connectivity index (χ0v) is 17.8. The molecule has 0 saturated heterocycles. The standard InChI is InChI=1S/C23H19N7S/c1-3-8-24-12-14(4-2)15-11-16-19(29-30-22(16)26-13-15)23-27-17-7-9-25-21(20(17)28-23)18-6-5-10-31-18/h3-13H,1-2H3,(H,27,28)(H,26,29,30)/b8-3+,14-4+,24-12+. The number of aliphatic imine (C=N–C) groups is 1. The number of rotatable bonds is 5. The van der Waals surface area contributed by atoms with Gasteiger partial charge in [0.25, 0.3) is 0 Å². The van der Waals surface area contributed by atoms with Gasteiger partial charge in [0.1, 0.15) is 16.9 Å². The second kappa shape index (κ2) is 8.08. The summed E-state index contributed by atoms with van der Waals surface area (Å²) in [7, 11) is 0. The van der Waals surface area contributed by atoms with Crippen molar-refractivity contribution in [1.29, 1.82) is 0 Å². The molecule has 31 heavy (non-hydrogen) atoms. The van der Waals surface area contributed by atoms with Crippen LogP contribution in [0.3, 0.4) is 0 Å². The SMILES string of the molecule is C\C=C(/C=N/C=C/C)c1cnc2n[nH]c(-c3nc4c(-c5cccs5)nccc4[nH]3)c2c1. The summed E-state index contributed by atoms with van der Waals surface area (Å²) in [4.78, 5) is 22.7. The molecule has 0 aliphatic rings. The van der Waals surface area contributed by atoms with E-state index in [1.54, 1.807) is 29.9 Å². The predicted molar refractivity (Wildman–Crippen MR) is 127 cm³/mol. The molecule has 0 radical (unpaired) electrons. The maximum Gasteiger partial charge on any atom is 0.181 e. The van der Waals surface area contributed by atoms with Crippen LogP contribution in [-0.4, -0.2) is 36.3 Å². The first-order valence-corrected chi connectivity index (χ1v) is 10.7. The second-order valence-electron chi connectivity index (χ2n) is 6.82. The molecule has 0 atom stereocenters. The molecule has 5 rings (SSSR count). The van der Waals surface area contributed by atoms with Crippen LogP contribution in [-0.2, 0) is 0 Å². The van der Waals surface area contributed by atoms with Gasteiger partial charge in [-0.15, -0.1) is 11.3 Å². The third-order valence-corrected chi connectivity index (χ3v) is 5.77. The zero-order valence-electron chi connectivity index (χ0n) is 17.0. The molecular formula is C23H19N7S. The first-order valence-electron chi connectivity index (χ1n) is 9.82. The van der Waals surface area contributed by atoms with Crippen molar-refractivity contribution in [2.75, 3.05) is 0 Å². The first kappa shape index (κ1) is 19.1. The summed E-state index contributed by atoms with van der Waals surface area (Å²) in [5.74, 6) is 0.701.